The van der Waals surface area contributed by atoms with Crippen molar-refractivity contribution in [3.05, 3.63) is 109 Å². The Hall–Kier alpha value is -1.53. The topological polar surface area (TPSA) is 0 Å². The van der Waals surface area contributed by atoms with Gasteiger partial charge in [0.25, 0.3) is 0 Å². The number of fused-ring (bicyclic) bond motifs is 3. The molecule has 6 aliphatic rings. The summed E-state index contributed by atoms with van der Waals surface area (Å²) < 4.78 is 6.34. The van der Waals surface area contributed by atoms with Gasteiger partial charge >= 0.3 is 269 Å². The Morgan fingerprint density at radius 1 is 0.800 bits per heavy atom. The van der Waals surface area contributed by atoms with Gasteiger partial charge in [0.05, 0.1) is 0 Å². The van der Waals surface area contributed by atoms with Crippen LogP contribution in [0.1, 0.15) is 102 Å². The molecule has 0 aliphatic heterocycles. The summed E-state index contributed by atoms with van der Waals surface area (Å²) in [6.45, 7) is 12.0. The molecule has 0 spiro atoms. The number of hydrogen-bond donors (Lipinski definition) is 0. The van der Waals surface area contributed by atoms with Crippen molar-refractivity contribution in [1.29, 1.82) is 0 Å². The molecule has 0 aromatic heterocycles. The van der Waals surface area contributed by atoms with Crippen LogP contribution in [0, 0.1) is 29.1 Å². The number of benzene rings is 3. The zero-order chi connectivity index (χ0) is 29.5. The van der Waals surface area contributed by atoms with Gasteiger partial charge in [-0.15, -0.1) is 0 Å². The van der Waals surface area contributed by atoms with Gasteiger partial charge in [-0.3, -0.25) is 0 Å². The first kappa shape index (κ1) is 33.4. The monoisotopic (exact) mass is 712 g/mol. The third kappa shape index (κ3) is 6.02. The molecule has 0 radical (unpaired) electrons. The van der Waals surface area contributed by atoms with Crippen LogP contribution in [0.5, 0.6) is 0 Å². The van der Waals surface area contributed by atoms with Crippen molar-refractivity contribution >= 4 is 6.98 Å². The number of allylic oxidation sites excluding steroid dienone is 4. The first-order chi connectivity index (χ1) is 20.7. The summed E-state index contributed by atoms with van der Waals surface area (Å²) in [7, 11) is 0. The van der Waals surface area contributed by atoms with Crippen molar-refractivity contribution in [1.82, 2.24) is 0 Å². The maximum absolute atomic E-state index is 2.80. The van der Waals surface area contributed by atoms with Crippen LogP contribution in [-0.2, 0) is 33.1 Å². The maximum atomic E-state index is 2.80. The summed E-state index contributed by atoms with van der Waals surface area (Å²) in [6.07, 6.45) is 14.3. The molecule has 234 valence electrons. The third-order valence-electron chi connectivity index (χ3n) is 12.0. The van der Waals surface area contributed by atoms with Crippen LogP contribution >= 0.6 is 0 Å². The van der Waals surface area contributed by atoms with E-state index in [0.29, 0.717) is 11.3 Å². The van der Waals surface area contributed by atoms with Crippen LogP contribution in [0.4, 0.5) is 0 Å². The number of rotatable bonds is 5. The van der Waals surface area contributed by atoms with E-state index in [0.717, 1.165) is 24.2 Å². The van der Waals surface area contributed by atoms with Crippen LogP contribution in [0.3, 0.4) is 0 Å². The number of halogens is 2. The van der Waals surface area contributed by atoms with Gasteiger partial charge in [-0.1, -0.05) is 0 Å². The van der Waals surface area contributed by atoms with Crippen LogP contribution in [0.25, 0.3) is 11.1 Å². The normalized spacial score (nSPS) is 27.5. The molecule has 3 heteroatoms. The molecule has 45 heavy (non-hydrogen) atoms. The van der Waals surface area contributed by atoms with E-state index in [9.17, 15) is 0 Å². The molecule has 0 nitrogen and oxygen atoms in total. The molecule has 1 unspecified atom stereocenters. The summed E-state index contributed by atoms with van der Waals surface area (Å²) in [5.41, 5.74) is 13.1. The molecule has 0 saturated heterocycles. The number of hydrogen-bond acceptors (Lipinski definition) is 0. The van der Waals surface area contributed by atoms with Crippen molar-refractivity contribution in [2.45, 2.75) is 91.4 Å². The third-order valence-corrected chi connectivity index (χ3v) is 19.6. The Kier molecular flexibility index (Phi) is 9.27. The van der Waals surface area contributed by atoms with Crippen molar-refractivity contribution in [2.24, 2.45) is 29.1 Å². The van der Waals surface area contributed by atoms with E-state index in [1.165, 1.54) is 72.8 Å². The average Bonchev–Trinajstić information content (AvgIpc) is 3.47. The molecule has 4 saturated carbocycles. The molecule has 3 aromatic rings. The van der Waals surface area contributed by atoms with Gasteiger partial charge in [0.2, 0.25) is 0 Å². The maximum Gasteiger partial charge on any atom is -1.00 e. The molecule has 3 aromatic carbocycles. The van der Waals surface area contributed by atoms with Crippen LogP contribution in [0.15, 0.2) is 87.2 Å². The fourth-order valence-electron chi connectivity index (χ4n) is 10.5. The Bertz CT molecular complexity index is 1660. The molecule has 0 N–H and O–H groups in total. The van der Waals surface area contributed by atoms with Crippen LogP contribution < -0.4 is 28.1 Å². The Balaban J connectivity index is 0.00000179. The van der Waals surface area contributed by atoms with E-state index in [1.807, 2.05) is 3.28 Å². The molecule has 9 rings (SSSR count). The van der Waals surface area contributed by atoms with E-state index in [4.69, 9.17) is 0 Å². The van der Waals surface area contributed by atoms with E-state index < -0.39 is 21.3 Å². The summed E-state index contributed by atoms with van der Waals surface area (Å²) in [5, 5.41) is 0. The van der Waals surface area contributed by atoms with Gasteiger partial charge in [-0.05, 0) is 0 Å². The smallest absolute Gasteiger partial charge is 1.00 e. The van der Waals surface area contributed by atoms with E-state index >= 15 is 0 Å². The standard InChI is InChI=1S/C18H25.C13H9.C11H14.2ClH.Zr/c1-12-3-13(2)17(4-12)11-18-8-14-5-15(9-18)7-16(6-14)10-18;1-3-7-12-10(5-1)9-11-6-2-4-8-13(11)12;1-9-5-7-10(8-6-9)11(2,3)4;;;/h4,12,14-16H,5-11H2,1-2H3;1-5,7-8H,9H2;1,5-8H,2-4H3;2*1H;/q;;;;;+2/p-2. The second-order valence-electron chi connectivity index (χ2n) is 16.2. The molecule has 0 heterocycles. The zero-order valence-electron chi connectivity index (χ0n) is 27.7. The summed E-state index contributed by atoms with van der Waals surface area (Å²) >= 11 is -2.45. The zero-order valence-corrected chi connectivity index (χ0v) is 31.7. The SMILES string of the molecule is CC1=[C](/[Zr+2](=[CH]/c2ccc(C(C)(C)C)cc2)[c]2cccc3c2Cc2ccccc2-3)C(C)C=C1CC12CC3CC(CC(C3)C1)C2.[Cl-].[Cl-]. The van der Waals surface area contributed by atoms with Crippen molar-refractivity contribution in [2.75, 3.05) is 0 Å². The molecular formula is C42H48Cl2Zr. The largest absolute Gasteiger partial charge is 1.00 e. The van der Waals surface area contributed by atoms with E-state index in [1.54, 1.807) is 20.0 Å². The van der Waals surface area contributed by atoms with Gasteiger partial charge in [0, 0.05) is 0 Å². The minimum absolute atomic E-state index is 0. The summed E-state index contributed by atoms with van der Waals surface area (Å²) in [5.74, 6) is 3.64. The Morgan fingerprint density at radius 2 is 1.42 bits per heavy atom. The van der Waals surface area contributed by atoms with E-state index in [-0.39, 0.29) is 30.2 Å². The fraction of sp³-hybridized carbons (Fsp3) is 0.452. The second-order valence-corrected chi connectivity index (χ2v) is 21.6. The Labute approximate surface area is 292 Å². The molecule has 1 atom stereocenters. The predicted molar refractivity (Wildman–Crippen MR) is 180 cm³/mol. The quantitative estimate of drug-likeness (QED) is 0.292. The first-order valence-corrected chi connectivity index (χ1v) is 21.0. The second kappa shape index (κ2) is 12.5. The van der Waals surface area contributed by atoms with Gasteiger partial charge in [0.15, 0.2) is 0 Å². The van der Waals surface area contributed by atoms with E-state index in [2.05, 4.69) is 111 Å². The summed E-state index contributed by atoms with van der Waals surface area (Å²) in [4.78, 5) is 0. The van der Waals surface area contributed by atoms with Gasteiger partial charge in [0.1, 0.15) is 0 Å². The Morgan fingerprint density at radius 3 is 2.07 bits per heavy atom. The molecular weight excluding hydrogens is 667 g/mol. The summed E-state index contributed by atoms with van der Waals surface area (Å²) in [6, 6.07) is 26.0. The van der Waals surface area contributed by atoms with Crippen molar-refractivity contribution in [3.63, 3.8) is 0 Å². The van der Waals surface area contributed by atoms with Gasteiger partial charge < -0.3 is 24.8 Å². The minimum Gasteiger partial charge on any atom is -1.00 e. The first-order valence-electron chi connectivity index (χ1n) is 17.1. The molecule has 0 amide bonds. The molecule has 4 fully saturated rings. The van der Waals surface area contributed by atoms with Crippen LogP contribution in [-0.4, -0.2) is 3.71 Å². The van der Waals surface area contributed by atoms with Crippen molar-refractivity contribution in [3.8, 4) is 11.1 Å². The predicted octanol–water partition coefficient (Wildman–Crippen LogP) is 4.11. The molecule has 4 bridgehead atoms. The molecule has 6 aliphatic carbocycles. The fourth-order valence-corrected chi connectivity index (χ4v) is 18.1. The van der Waals surface area contributed by atoms with Crippen molar-refractivity contribution < 1.29 is 46.1 Å². The van der Waals surface area contributed by atoms with Gasteiger partial charge in [-0.2, -0.15) is 0 Å². The van der Waals surface area contributed by atoms with Gasteiger partial charge in [-0.25, -0.2) is 0 Å². The van der Waals surface area contributed by atoms with Crippen LogP contribution in [0.2, 0.25) is 0 Å². The average molecular weight is 715 g/mol. The minimum atomic E-state index is -2.45.